The summed E-state index contributed by atoms with van der Waals surface area (Å²) in [7, 11) is 1.65. The van der Waals surface area contributed by atoms with Gasteiger partial charge >= 0.3 is 0 Å². The molecule has 27 heavy (non-hydrogen) atoms. The van der Waals surface area contributed by atoms with Gasteiger partial charge in [0.2, 0.25) is 0 Å². The number of hydrogen-bond acceptors (Lipinski definition) is 4. The van der Waals surface area contributed by atoms with Gasteiger partial charge in [0.1, 0.15) is 11.5 Å². The van der Waals surface area contributed by atoms with Crippen molar-refractivity contribution in [2.24, 2.45) is 17.3 Å². The largest absolute Gasteiger partial charge is 0.508 e. The number of rotatable bonds is 6. The first-order valence-electron chi connectivity index (χ1n) is 9.76. The quantitative estimate of drug-likeness (QED) is 0.598. The molecule has 5 heteroatoms. The van der Waals surface area contributed by atoms with Crippen LogP contribution in [0.3, 0.4) is 0 Å². The molecule has 150 valence electrons. The van der Waals surface area contributed by atoms with E-state index in [2.05, 4.69) is 36.4 Å². The summed E-state index contributed by atoms with van der Waals surface area (Å²) in [5.41, 5.74) is 2.33. The molecule has 0 spiro atoms. The van der Waals surface area contributed by atoms with Gasteiger partial charge in [0.15, 0.2) is 6.29 Å². The van der Waals surface area contributed by atoms with Crippen LogP contribution in [0.25, 0.3) is 0 Å². The second kappa shape index (κ2) is 8.54. The van der Waals surface area contributed by atoms with Crippen LogP contribution in [0.15, 0.2) is 28.8 Å². The first kappa shape index (κ1) is 20.7. The maximum atomic E-state index is 10.4. The van der Waals surface area contributed by atoms with Gasteiger partial charge in [-0.3, -0.25) is 0 Å². The number of allylic oxidation sites excluding steroid dienone is 1. The van der Waals surface area contributed by atoms with Crippen molar-refractivity contribution in [2.75, 3.05) is 20.3 Å². The fourth-order valence-corrected chi connectivity index (χ4v) is 5.21. The lowest BCUT2D eigenvalue weighted by molar-refractivity contribution is -0.0521. The monoisotopic (exact) mass is 438 g/mol. The molecular weight excluding hydrogens is 408 g/mol. The van der Waals surface area contributed by atoms with Gasteiger partial charge in [0, 0.05) is 0 Å². The molecule has 0 amide bonds. The van der Waals surface area contributed by atoms with Gasteiger partial charge in [0.25, 0.3) is 0 Å². The topological polar surface area (TPSA) is 47.9 Å². The predicted molar refractivity (Wildman–Crippen MR) is 110 cm³/mol. The lowest BCUT2D eigenvalue weighted by atomic mass is 9.61. The van der Waals surface area contributed by atoms with Crippen LogP contribution in [0, 0.1) is 17.3 Å². The summed E-state index contributed by atoms with van der Waals surface area (Å²) < 4.78 is 17.3. The molecule has 3 rings (SSSR count). The maximum absolute atomic E-state index is 10.4. The minimum Gasteiger partial charge on any atom is -0.508 e. The van der Waals surface area contributed by atoms with Gasteiger partial charge in [-0.1, -0.05) is 26.0 Å². The standard InChI is InChI=1S/C22H31BrO4/c1-14-9-15(5-6-21-26-7-8-27-21)13-22(2,3)17(14)10-16-11-20(25-4)18(23)12-19(16)24/h11-12,15,17,21,24H,1,5-10,13H2,2-4H3/t15-,17?/m0/s1. The Bertz CT molecular complexity index is 679. The highest BCUT2D eigenvalue weighted by molar-refractivity contribution is 9.10. The van der Waals surface area contributed by atoms with Gasteiger partial charge in [0.05, 0.1) is 24.8 Å². The Hall–Kier alpha value is -1.04. The van der Waals surface area contributed by atoms with Crippen molar-refractivity contribution < 1.29 is 19.3 Å². The van der Waals surface area contributed by atoms with Crippen molar-refractivity contribution in [2.45, 2.75) is 52.2 Å². The Kier molecular flexibility index (Phi) is 6.54. The van der Waals surface area contributed by atoms with E-state index >= 15 is 0 Å². The molecule has 2 aliphatic rings. The number of halogens is 1. The Morgan fingerprint density at radius 1 is 1.26 bits per heavy atom. The van der Waals surface area contributed by atoms with Crippen molar-refractivity contribution in [3.8, 4) is 11.5 Å². The Morgan fingerprint density at radius 3 is 2.59 bits per heavy atom. The maximum Gasteiger partial charge on any atom is 0.157 e. The fourth-order valence-electron chi connectivity index (χ4n) is 4.72. The second-order valence-corrected chi connectivity index (χ2v) is 9.40. The minimum atomic E-state index is -0.0220. The summed E-state index contributed by atoms with van der Waals surface area (Å²) in [5.74, 6) is 2.01. The van der Waals surface area contributed by atoms with E-state index < -0.39 is 0 Å². The van der Waals surface area contributed by atoms with E-state index in [9.17, 15) is 5.11 Å². The molecule has 0 bridgehead atoms. The van der Waals surface area contributed by atoms with Crippen LogP contribution in [0.4, 0.5) is 0 Å². The third-order valence-corrected chi connectivity index (χ3v) is 6.70. The number of phenolic OH excluding ortho intramolecular Hbond substituents is 1. The number of methoxy groups -OCH3 is 1. The number of aromatic hydroxyl groups is 1. The molecule has 1 unspecified atom stereocenters. The van der Waals surface area contributed by atoms with E-state index in [0.29, 0.717) is 17.6 Å². The number of benzene rings is 1. The van der Waals surface area contributed by atoms with E-state index in [1.807, 2.05) is 6.07 Å². The zero-order valence-corrected chi connectivity index (χ0v) is 18.2. The minimum absolute atomic E-state index is 0.0220. The number of ether oxygens (including phenoxy) is 3. The third-order valence-electron chi connectivity index (χ3n) is 6.08. The van der Waals surface area contributed by atoms with Crippen molar-refractivity contribution in [1.29, 1.82) is 0 Å². The van der Waals surface area contributed by atoms with Crippen LogP contribution in [-0.4, -0.2) is 31.7 Å². The molecule has 1 aliphatic carbocycles. The normalized spacial score (nSPS) is 25.7. The van der Waals surface area contributed by atoms with Crippen LogP contribution < -0.4 is 4.74 Å². The molecule has 2 fully saturated rings. The predicted octanol–water partition coefficient (Wildman–Crippen LogP) is 5.47. The Morgan fingerprint density at radius 2 is 1.96 bits per heavy atom. The van der Waals surface area contributed by atoms with Gasteiger partial charge < -0.3 is 19.3 Å². The van der Waals surface area contributed by atoms with Crippen molar-refractivity contribution in [1.82, 2.24) is 0 Å². The van der Waals surface area contributed by atoms with Gasteiger partial charge in [-0.2, -0.15) is 0 Å². The molecule has 1 N–H and O–H groups in total. The van der Waals surface area contributed by atoms with Crippen molar-refractivity contribution >= 4 is 15.9 Å². The first-order chi connectivity index (χ1) is 12.8. The lowest BCUT2D eigenvalue weighted by Gasteiger charge is -2.44. The Balaban J connectivity index is 1.67. The summed E-state index contributed by atoms with van der Waals surface area (Å²) >= 11 is 3.43. The van der Waals surface area contributed by atoms with E-state index in [-0.39, 0.29) is 11.7 Å². The molecule has 1 aromatic carbocycles. The van der Waals surface area contributed by atoms with E-state index in [4.69, 9.17) is 14.2 Å². The first-order valence-corrected chi connectivity index (χ1v) is 10.6. The zero-order chi connectivity index (χ0) is 19.6. The highest BCUT2D eigenvalue weighted by Crippen LogP contribution is 2.49. The molecule has 0 radical (unpaired) electrons. The Labute approximate surface area is 171 Å². The molecule has 1 aliphatic heterocycles. The van der Waals surface area contributed by atoms with Crippen LogP contribution >= 0.6 is 15.9 Å². The van der Waals surface area contributed by atoms with Crippen LogP contribution in [0.1, 0.15) is 45.1 Å². The molecule has 4 nitrogen and oxygen atoms in total. The van der Waals surface area contributed by atoms with E-state index in [1.165, 1.54) is 5.57 Å². The van der Waals surface area contributed by atoms with Crippen LogP contribution in [-0.2, 0) is 15.9 Å². The van der Waals surface area contributed by atoms with Crippen LogP contribution in [0.2, 0.25) is 0 Å². The van der Waals surface area contributed by atoms with Crippen molar-refractivity contribution in [3.05, 3.63) is 34.3 Å². The second-order valence-electron chi connectivity index (χ2n) is 8.54. The lowest BCUT2D eigenvalue weighted by Crippen LogP contribution is -2.35. The zero-order valence-electron chi connectivity index (χ0n) is 16.6. The average molecular weight is 439 g/mol. The SMILES string of the molecule is C=C1C[C@H](CCC2OCCO2)CC(C)(C)C1Cc1cc(OC)c(Br)cc1O. The van der Waals surface area contributed by atoms with Gasteiger partial charge in [-0.15, -0.1) is 0 Å². The van der Waals surface area contributed by atoms with Crippen LogP contribution in [0.5, 0.6) is 11.5 Å². The summed E-state index contributed by atoms with van der Waals surface area (Å²) in [4.78, 5) is 0. The molecule has 2 atom stereocenters. The highest BCUT2D eigenvalue weighted by Gasteiger charge is 2.39. The molecule has 1 saturated carbocycles. The molecule has 1 saturated heterocycles. The molecule has 1 aromatic rings. The summed E-state index contributed by atoms with van der Waals surface area (Å²) in [6.45, 7) is 10.5. The summed E-state index contributed by atoms with van der Waals surface area (Å²) in [6.07, 6.45) is 5.02. The molecular formula is C22H31BrO4. The highest BCUT2D eigenvalue weighted by atomic mass is 79.9. The number of hydrogen-bond donors (Lipinski definition) is 1. The fraction of sp³-hybridized carbons (Fsp3) is 0.636. The third kappa shape index (κ3) is 4.87. The van der Waals surface area contributed by atoms with Crippen molar-refractivity contribution in [3.63, 3.8) is 0 Å². The van der Waals surface area contributed by atoms with E-state index in [1.54, 1.807) is 13.2 Å². The summed E-state index contributed by atoms with van der Waals surface area (Å²) in [6, 6.07) is 3.65. The molecule has 0 aromatic heterocycles. The van der Waals surface area contributed by atoms with Gasteiger partial charge in [-0.25, -0.2) is 0 Å². The van der Waals surface area contributed by atoms with E-state index in [0.717, 1.165) is 61.1 Å². The van der Waals surface area contributed by atoms with Gasteiger partial charge in [-0.05, 0) is 83.0 Å². The average Bonchev–Trinajstić information content (AvgIpc) is 3.11. The smallest absolute Gasteiger partial charge is 0.157 e. The number of phenols is 1. The summed E-state index contributed by atoms with van der Waals surface area (Å²) in [5, 5.41) is 10.4. The molecule has 1 heterocycles.